The average molecular weight is 433 g/mol. The first-order valence-corrected chi connectivity index (χ1v) is 9.75. The largest absolute Gasteiger partial charge is 0.477 e. The van der Waals surface area contributed by atoms with Crippen LogP contribution in [0.5, 0.6) is 0 Å². The number of benzene rings is 3. The molecule has 0 bridgehead atoms. The highest BCUT2D eigenvalue weighted by molar-refractivity contribution is 5.88. The fourth-order valence-corrected chi connectivity index (χ4v) is 3.76. The van der Waals surface area contributed by atoms with Gasteiger partial charge < -0.3 is 15.2 Å². The molecule has 7 heteroatoms. The Balaban J connectivity index is 1.35. The molecule has 1 aliphatic rings. The van der Waals surface area contributed by atoms with Crippen LogP contribution in [-0.2, 0) is 4.74 Å². The summed E-state index contributed by atoms with van der Waals surface area (Å²) < 4.78 is 32.7. The smallest absolute Gasteiger partial charge is 0.407 e. The second-order valence-corrected chi connectivity index (χ2v) is 7.10. The molecule has 0 fully saturated rings. The van der Waals surface area contributed by atoms with E-state index in [0.717, 1.165) is 34.4 Å². The van der Waals surface area contributed by atoms with Gasteiger partial charge in [0.2, 0.25) is 0 Å². The van der Waals surface area contributed by atoms with Gasteiger partial charge in [-0.1, -0.05) is 60.4 Å². The second-order valence-electron chi connectivity index (χ2n) is 7.10. The predicted molar refractivity (Wildman–Crippen MR) is 113 cm³/mol. The summed E-state index contributed by atoms with van der Waals surface area (Å²) in [5, 5.41) is 11.2. The Morgan fingerprint density at radius 3 is 2.09 bits per heavy atom. The number of carboxylic acids is 1. The van der Waals surface area contributed by atoms with Gasteiger partial charge in [-0.25, -0.2) is 18.4 Å². The second kappa shape index (κ2) is 8.90. The normalized spacial score (nSPS) is 11.7. The standard InChI is InChI=1S/C25H17F2NO4/c26-21-12-15(13-22(27)23(21)24(29)30)6-5-11-28-25(31)32-14-20-18-9-3-1-7-16(18)17-8-2-4-10-19(17)20/h1-4,7-10,12-13,20H,11,14H2,(H,28,31)(H,29,30). The molecule has 2 N–H and O–H groups in total. The minimum absolute atomic E-state index is 0.0423. The number of carboxylic acid groups (broad SMARTS) is 1. The van der Waals surface area contributed by atoms with E-state index in [2.05, 4.69) is 17.2 Å². The lowest BCUT2D eigenvalue weighted by Gasteiger charge is -2.14. The zero-order valence-electron chi connectivity index (χ0n) is 16.7. The highest BCUT2D eigenvalue weighted by Gasteiger charge is 2.28. The van der Waals surface area contributed by atoms with E-state index in [4.69, 9.17) is 9.84 Å². The van der Waals surface area contributed by atoms with E-state index in [1.165, 1.54) is 0 Å². The van der Waals surface area contributed by atoms with Crippen LogP contribution < -0.4 is 5.32 Å². The lowest BCUT2D eigenvalue weighted by molar-refractivity contribution is 0.0686. The third-order valence-electron chi connectivity index (χ3n) is 5.15. The molecule has 0 spiro atoms. The SMILES string of the molecule is O=C(NCC#Cc1cc(F)c(C(=O)O)c(F)c1)OCC1c2ccccc2-c2ccccc21. The number of hydrogen-bond acceptors (Lipinski definition) is 3. The summed E-state index contributed by atoms with van der Waals surface area (Å²) in [6, 6.07) is 17.6. The van der Waals surface area contributed by atoms with Gasteiger partial charge in [-0.3, -0.25) is 0 Å². The molecule has 0 unspecified atom stereocenters. The van der Waals surface area contributed by atoms with Crippen LogP contribution >= 0.6 is 0 Å². The van der Waals surface area contributed by atoms with E-state index in [1.807, 2.05) is 48.5 Å². The molecule has 1 amide bonds. The van der Waals surface area contributed by atoms with Crippen molar-refractivity contribution in [1.29, 1.82) is 0 Å². The lowest BCUT2D eigenvalue weighted by Crippen LogP contribution is -2.26. The molecule has 1 aliphatic carbocycles. The molecule has 5 nitrogen and oxygen atoms in total. The summed E-state index contributed by atoms with van der Waals surface area (Å²) >= 11 is 0. The van der Waals surface area contributed by atoms with Gasteiger partial charge in [0.15, 0.2) is 0 Å². The third kappa shape index (κ3) is 4.16. The molecular formula is C25H17F2NO4. The van der Waals surface area contributed by atoms with Crippen LogP contribution in [-0.4, -0.2) is 30.3 Å². The van der Waals surface area contributed by atoms with Gasteiger partial charge in [-0.05, 0) is 34.4 Å². The number of amides is 1. The zero-order valence-corrected chi connectivity index (χ0v) is 16.7. The Kier molecular flexibility index (Phi) is 5.86. The van der Waals surface area contributed by atoms with Crippen molar-refractivity contribution in [2.24, 2.45) is 0 Å². The first-order chi connectivity index (χ1) is 15.5. The number of ether oxygens (including phenoxy) is 1. The topological polar surface area (TPSA) is 75.6 Å². The Hall–Kier alpha value is -4.18. The third-order valence-corrected chi connectivity index (χ3v) is 5.15. The monoisotopic (exact) mass is 433 g/mol. The van der Waals surface area contributed by atoms with Gasteiger partial charge in [0.25, 0.3) is 0 Å². The summed E-state index contributed by atoms with van der Waals surface area (Å²) in [5.41, 5.74) is 3.35. The first-order valence-electron chi connectivity index (χ1n) is 9.75. The number of halogens is 2. The van der Waals surface area contributed by atoms with E-state index < -0.39 is 29.3 Å². The summed E-state index contributed by atoms with van der Waals surface area (Å²) in [5.74, 6) is 0.828. The van der Waals surface area contributed by atoms with Crippen molar-refractivity contribution in [3.05, 3.63) is 94.6 Å². The van der Waals surface area contributed by atoms with E-state index in [1.54, 1.807) is 0 Å². The van der Waals surface area contributed by atoms with Crippen molar-refractivity contribution in [3.8, 4) is 23.0 Å². The van der Waals surface area contributed by atoms with Crippen LogP contribution in [0.4, 0.5) is 13.6 Å². The van der Waals surface area contributed by atoms with E-state index in [0.29, 0.717) is 0 Å². The number of aromatic carboxylic acids is 1. The maximum absolute atomic E-state index is 13.7. The molecule has 0 aliphatic heterocycles. The summed E-state index contributed by atoms with van der Waals surface area (Å²) in [4.78, 5) is 22.9. The van der Waals surface area contributed by atoms with Gasteiger partial charge in [0.1, 0.15) is 23.8 Å². The number of alkyl carbamates (subject to hydrolysis) is 1. The zero-order chi connectivity index (χ0) is 22.7. The number of hydrogen-bond donors (Lipinski definition) is 2. The van der Waals surface area contributed by atoms with Crippen LogP contribution in [0.15, 0.2) is 60.7 Å². The molecule has 0 saturated heterocycles. The Labute approximate surface area is 182 Å². The summed E-state index contributed by atoms with van der Waals surface area (Å²) in [6.07, 6.45) is -0.667. The van der Waals surface area contributed by atoms with Crippen molar-refractivity contribution in [2.75, 3.05) is 13.2 Å². The van der Waals surface area contributed by atoms with Gasteiger partial charge in [-0.2, -0.15) is 0 Å². The maximum Gasteiger partial charge on any atom is 0.407 e. The Morgan fingerprint density at radius 2 is 1.53 bits per heavy atom. The molecule has 0 atom stereocenters. The van der Waals surface area contributed by atoms with Crippen LogP contribution in [0.3, 0.4) is 0 Å². The summed E-state index contributed by atoms with van der Waals surface area (Å²) in [7, 11) is 0. The quantitative estimate of drug-likeness (QED) is 0.592. The van der Waals surface area contributed by atoms with Crippen molar-refractivity contribution in [2.45, 2.75) is 5.92 Å². The van der Waals surface area contributed by atoms with Crippen molar-refractivity contribution in [1.82, 2.24) is 5.32 Å². The highest BCUT2D eigenvalue weighted by Crippen LogP contribution is 2.44. The van der Waals surface area contributed by atoms with Crippen LogP contribution in [0.1, 0.15) is 33.0 Å². The molecule has 4 rings (SSSR count). The van der Waals surface area contributed by atoms with E-state index >= 15 is 0 Å². The van der Waals surface area contributed by atoms with Crippen LogP contribution in [0.25, 0.3) is 11.1 Å². The van der Waals surface area contributed by atoms with Gasteiger partial charge in [0, 0.05) is 11.5 Å². The Morgan fingerprint density at radius 1 is 0.969 bits per heavy atom. The summed E-state index contributed by atoms with van der Waals surface area (Å²) in [6.45, 7) is 0.0426. The molecule has 3 aromatic rings. The number of nitrogens with one attached hydrogen (secondary N) is 1. The van der Waals surface area contributed by atoms with Crippen molar-refractivity contribution < 1.29 is 28.2 Å². The maximum atomic E-state index is 13.7. The minimum atomic E-state index is -1.70. The van der Waals surface area contributed by atoms with Crippen molar-refractivity contribution in [3.63, 3.8) is 0 Å². The fourth-order valence-electron chi connectivity index (χ4n) is 3.76. The molecule has 0 saturated carbocycles. The molecule has 0 heterocycles. The van der Waals surface area contributed by atoms with Gasteiger partial charge >= 0.3 is 12.1 Å². The van der Waals surface area contributed by atoms with Gasteiger partial charge in [0.05, 0.1) is 6.54 Å². The fraction of sp³-hybridized carbons (Fsp3) is 0.120. The first kappa shape index (κ1) is 21.1. The molecule has 0 radical (unpaired) electrons. The molecule has 3 aromatic carbocycles. The molecule has 160 valence electrons. The number of fused-ring (bicyclic) bond motifs is 3. The van der Waals surface area contributed by atoms with Gasteiger partial charge in [-0.15, -0.1) is 0 Å². The number of carbonyl (C=O) groups excluding carboxylic acids is 1. The minimum Gasteiger partial charge on any atom is -0.477 e. The average Bonchev–Trinajstić information content (AvgIpc) is 3.08. The number of rotatable bonds is 4. The molecule has 32 heavy (non-hydrogen) atoms. The molecule has 0 aromatic heterocycles. The van der Waals surface area contributed by atoms with Crippen molar-refractivity contribution >= 4 is 12.1 Å². The lowest BCUT2D eigenvalue weighted by atomic mass is 9.98. The predicted octanol–water partition coefficient (Wildman–Crippen LogP) is 4.55. The highest BCUT2D eigenvalue weighted by atomic mass is 19.1. The van der Waals surface area contributed by atoms with E-state index in [-0.39, 0.29) is 24.6 Å². The number of carbonyl (C=O) groups is 2. The van der Waals surface area contributed by atoms with Crippen LogP contribution in [0.2, 0.25) is 0 Å². The van der Waals surface area contributed by atoms with E-state index in [9.17, 15) is 18.4 Å². The Bertz CT molecular complexity index is 1210. The van der Waals surface area contributed by atoms with Crippen LogP contribution in [0, 0.1) is 23.5 Å². The molecular weight excluding hydrogens is 416 g/mol.